The number of benzene rings is 1. The van der Waals surface area contributed by atoms with Crippen molar-refractivity contribution in [2.24, 2.45) is 5.73 Å². The Balaban J connectivity index is 2.54. The van der Waals surface area contributed by atoms with Gasteiger partial charge in [-0.25, -0.2) is 0 Å². The summed E-state index contributed by atoms with van der Waals surface area (Å²) in [5.41, 5.74) is 5.95. The number of hydrogen-bond acceptors (Lipinski definition) is 4. The highest BCUT2D eigenvalue weighted by Gasteiger charge is 2.27. The molecule has 0 spiro atoms. The second kappa shape index (κ2) is 3.71. The number of rotatable bonds is 2. The number of aliphatic carboxylic acids is 1. The van der Waals surface area contributed by atoms with E-state index < -0.39 is 12.0 Å². The minimum atomic E-state index is -1.13. The summed E-state index contributed by atoms with van der Waals surface area (Å²) in [6.07, 6.45) is 0. The molecule has 1 aliphatic heterocycles. The van der Waals surface area contributed by atoms with Crippen LogP contribution in [-0.2, 0) is 4.79 Å². The molecule has 0 unspecified atom stereocenters. The summed E-state index contributed by atoms with van der Waals surface area (Å²) >= 11 is 3.24. The van der Waals surface area contributed by atoms with Gasteiger partial charge in [0.25, 0.3) is 0 Å². The lowest BCUT2D eigenvalue weighted by molar-refractivity contribution is -0.138. The monoisotopic (exact) mass is 273 g/mol. The van der Waals surface area contributed by atoms with Gasteiger partial charge in [-0.15, -0.1) is 0 Å². The maximum atomic E-state index is 10.8. The first-order chi connectivity index (χ1) is 7.11. The van der Waals surface area contributed by atoms with Crippen molar-refractivity contribution in [2.75, 3.05) is 6.79 Å². The molecule has 1 aromatic carbocycles. The van der Waals surface area contributed by atoms with Crippen LogP contribution in [0.5, 0.6) is 11.5 Å². The fourth-order valence-corrected chi connectivity index (χ4v) is 1.94. The second-order valence-electron chi connectivity index (χ2n) is 3.01. The Morgan fingerprint density at radius 1 is 1.53 bits per heavy atom. The quantitative estimate of drug-likeness (QED) is 0.848. The number of hydrogen-bond donors (Lipinski definition) is 2. The molecule has 0 saturated heterocycles. The van der Waals surface area contributed by atoms with Crippen molar-refractivity contribution in [3.63, 3.8) is 0 Å². The van der Waals surface area contributed by atoms with E-state index in [1.807, 2.05) is 0 Å². The number of fused-ring (bicyclic) bond motifs is 1. The summed E-state index contributed by atoms with van der Waals surface area (Å²) in [5.74, 6) is -0.191. The third-order valence-corrected chi connectivity index (χ3v) is 2.79. The van der Waals surface area contributed by atoms with Crippen molar-refractivity contribution in [1.82, 2.24) is 0 Å². The van der Waals surface area contributed by atoms with Crippen LogP contribution >= 0.6 is 15.9 Å². The van der Waals surface area contributed by atoms with Gasteiger partial charge >= 0.3 is 5.97 Å². The summed E-state index contributed by atoms with van der Waals surface area (Å²) in [6, 6.07) is 2.26. The summed E-state index contributed by atoms with van der Waals surface area (Å²) in [4.78, 5) is 10.8. The van der Waals surface area contributed by atoms with Gasteiger partial charge in [0.1, 0.15) is 6.04 Å². The first-order valence-electron chi connectivity index (χ1n) is 4.17. The molecule has 0 saturated carbocycles. The Bertz CT molecular complexity index is 421. The molecule has 1 heterocycles. The SMILES string of the molecule is N[C@H](C(=O)O)c1c(Br)ccc2c1OCO2. The van der Waals surface area contributed by atoms with Crippen LogP contribution in [-0.4, -0.2) is 17.9 Å². The number of carbonyl (C=O) groups is 1. The van der Waals surface area contributed by atoms with Crippen LogP contribution in [0.15, 0.2) is 16.6 Å². The van der Waals surface area contributed by atoms with E-state index in [2.05, 4.69) is 15.9 Å². The summed E-state index contributed by atoms with van der Waals surface area (Å²) in [7, 11) is 0. The molecule has 1 aromatic rings. The second-order valence-corrected chi connectivity index (χ2v) is 3.87. The van der Waals surface area contributed by atoms with E-state index in [9.17, 15) is 4.79 Å². The van der Waals surface area contributed by atoms with Crippen molar-refractivity contribution in [3.05, 3.63) is 22.2 Å². The Labute approximate surface area is 93.9 Å². The molecule has 0 bridgehead atoms. The normalized spacial score (nSPS) is 15.1. The molecule has 1 aliphatic rings. The molecule has 0 fully saturated rings. The van der Waals surface area contributed by atoms with E-state index in [0.29, 0.717) is 21.5 Å². The Morgan fingerprint density at radius 2 is 2.27 bits per heavy atom. The van der Waals surface area contributed by atoms with Gasteiger partial charge in [-0.2, -0.15) is 0 Å². The maximum Gasteiger partial charge on any atom is 0.325 e. The van der Waals surface area contributed by atoms with Crippen LogP contribution in [0.2, 0.25) is 0 Å². The van der Waals surface area contributed by atoms with E-state index in [1.54, 1.807) is 12.1 Å². The van der Waals surface area contributed by atoms with Gasteiger partial charge in [-0.3, -0.25) is 4.79 Å². The van der Waals surface area contributed by atoms with Crippen molar-refractivity contribution in [1.29, 1.82) is 0 Å². The Kier molecular flexibility index (Phi) is 2.54. The van der Waals surface area contributed by atoms with Gasteiger partial charge in [0, 0.05) is 10.0 Å². The molecule has 6 heteroatoms. The molecule has 0 radical (unpaired) electrons. The molecular weight excluding hydrogens is 266 g/mol. The maximum absolute atomic E-state index is 10.8. The number of carboxylic acid groups (broad SMARTS) is 1. The van der Waals surface area contributed by atoms with E-state index in [4.69, 9.17) is 20.3 Å². The van der Waals surface area contributed by atoms with E-state index in [-0.39, 0.29) is 6.79 Å². The van der Waals surface area contributed by atoms with Gasteiger partial charge in [-0.1, -0.05) is 15.9 Å². The predicted molar refractivity (Wildman–Crippen MR) is 54.8 cm³/mol. The van der Waals surface area contributed by atoms with Crippen LogP contribution in [0, 0.1) is 0 Å². The zero-order valence-electron chi connectivity index (χ0n) is 7.57. The number of nitrogens with two attached hydrogens (primary N) is 1. The van der Waals surface area contributed by atoms with Crippen molar-refractivity contribution in [2.45, 2.75) is 6.04 Å². The van der Waals surface area contributed by atoms with Crippen LogP contribution < -0.4 is 15.2 Å². The smallest absolute Gasteiger partial charge is 0.325 e. The summed E-state index contributed by atoms with van der Waals surface area (Å²) in [5, 5.41) is 8.85. The van der Waals surface area contributed by atoms with E-state index >= 15 is 0 Å². The minimum absolute atomic E-state index is 0.0884. The number of carboxylic acids is 1. The summed E-state index contributed by atoms with van der Waals surface area (Å²) < 4.78 is 10.9. The van der Waals surface area contributed by atoms with Crippen molar-refractivity contribution in [3.8, 4) is 11.5 Å². The van der Waals surface area contributed by atoms with E-state index in [0.717, 1.165) is 0 Å². The number of halogens is 1. The van der Waals surface area contributed by atoms with Gasteiger partial charge in [0.15, 0.2) is 11.5 Å². The highest BCUT2D eigenvalue weighted by atomic mass is 79.9. The van der Waals surface area contributed by atoms with Gasteiger partial charge in [0.2, 0.25) is 6.79 Å². The lowest BCUT2D eigenvalue weighted by atomic mass is 10.1. The van der Waals surface area contributed by atoms with E-state index in [1.165, 1.54) is 0 Å². The topological polar surface area (TPSA) is 81.8 Å². The fraction of sp³-hybridized carbons (Fsp3) is 0.222. The molecule has 0 aromatic heterocycles. The molecule has 0 amide bonds. The largest absolute Gasteiger partial charge is 0.480 e. The average molecular weight is 274 g/mol. The first-order valence-corrected chi connectivity index (χ1v) is 4.97. The van der Waals surface area contributed by atoms with Crippen LogP contribution in [0.4, 0.5) is 0 Å². The zero-order chi connectivity index (χ0) is 11.0. The molecule has 1 atom stereocenters. The number of ether oxygens (including phenoxy) is 2. The molecule has 5 nitrogen and oxygen atoms in total. The van der Waals surface area contributed by atoms with Gasteiger partial charge in [-0.05, 0) is 12.1 Å². The van der Waals surface area contributed by atoms with Gasteiger partial charge in [0.05, 0.1) is 0 Å². The fourth-order valence-electron chi connectivity index (χ4n) is 1.38. The van der Waals surface area contributed by atoms with Crippen LogP contribution in [0.1, 0.15) is 11.6 Å². The highest BCUT2D eigenvalue weighted by Crippen LogP contribution is 2.42. The standard InChI is InChI=1S/C9H8BrNO4/c10-4-1-2-5-8(15-3-14-5)6(4)7(11)9(12)13/h1-2,7H,3,11H2,(H,12,13)/t7-/m0/s1. The highest BCUT2D eigenvalue weighted by molar-refractivity contribution is 9.10. The molecule has 0 aliphatic carbocycles. The lowest BCUT2D eigenvalue weighted by Crippen LogP contribution is -2.21. The molecule has 15 heavy (non-hydrogen) atoms. The molecule has 80 valence electrons. The molecular formula is C9H8BrNO4. The Hall–Kier alpha value is -1.27. The lowest BCUT2D eigenvalue weighted by Gasteiger charge is -2.11. The van der Waals surface area contributed by atoms with Crippen molar-refractivity contribution >= 4 is 21.9 Å². The van der Waals surface area contributed by atoms with Gasteiger partial charge < -0.3 is 20.3 Å². The average Bonchev–Trinajstić information content (AvgIpc) is 2.64. The van der Waals surface area contributed by atoms with Crippen LogP contribution in [0.25, 0.3) is 0 Å². The first kappa shape index (κ1) is 10.3. The Morgan fingerprint density at radius 3 is 2.93 bits per heavy atom. The molecule has 3 N–H and O–H groups in total. The summed E-state index contributed by atoms with van der Waals surface area (Å²) in [6.45, 7) is 0.0884. The minimum Gasteiger partial charge on any atom is -0.480 e. The van der Waals surface area contributed by atoms with Crippen molar-refractivity contribution < 1.29 is 19.4 Å². The zero-order valence-corrected chi connectivity index (χ0v) is 9.15. The third kappa shape index (κ3) is 1.66. The molecule has 2 rings (SSSR count). The van der Waals surface area contributed by atoms with Crippen LogP contribution in [0.3, 0.4) is 0 Å². The third-order valence-electron chi connectivity index (χ3n) is 2.10. The predicted octanol–water partition coefficient (Wildman–Crippen LogP) is 1.26.